The predicted molar refractivity (Wildman–Crippen MR) is 186 cm³/mol. The summed E-state index contributed by atoms with van der Waals surface area (Å²) in [5, 5.41) is 9.50. The molecule has 0 spiro atoms. The molecule has 5 nitrogen and oxygen atoms in total. The van der Waals surface area contributed by atoms with Gasteiger partial charge < -0.3 is 14.6 Å². The van der Waals surface area contributed by atoms with Gasteiger partial charge in [-0.3, -0.25) is 9.59 Å². The Morgan fingerprint density at radius 3 is 1.75 bits per heavy atom. The first-order valence-electron chi connectivity index (χ1n) is 17.2. The molecular formula is C39H62O5. The standard InChI is InChI=1S/C39H62O5/c1-3-5-7-9-11-13-15-17-18-19-20-22-24-26-28-30-32-34-39(42)44-37(35-40)36-43-38(41)33-31-29-27-25-23-21-16-14-12-10-8-6-4-2/h6,8,10,12,14,16-18,20-23,26,28,37,40H,3-5,7,9,11,13,15,19,24-25,27,29-36H2,1-2H3/b8-6+,12-10+,16-14+,18-17+,22-20+,23-21+,28-26+. The van der Waals surface area contributed by atoms with Gasteiger partial charge in [-0.2, -0.15) is 0 Å². The summed E-state index contributed by atoms with van der Waals surface area (Å²) < 4.78 is 10.5. The minimum Gasteiger partial charge on any atom is -0.462 e. The molecule has 0 saturated carbocycles. The average molecular weight is 611 g/mol. The third-order valence-corrected chi connectivity index (χ3v) is 6.77. The van der Waals surface area contributed by atoms with E-state index in [1.54, 1.807) is 0 Å². The number of hydrogen-bond donors (Lipinski definition) is 1. The van der Waals surface area contributed by atoms with Crippen LogP contribution in [0.3, 0.4) is 0 Å². The highest BCUT2D eigenvalue weighted by atomic mass is 16.6. The van der Waals surface area contributed by atoms with Gasteiger partial charge in [0.15, 0.2) is 6.10 Å². The fraction of sp³-hybridized carbons (Fsp3) is 0.590. The van der Waals surface area contributed by atoms with Crippen LogP contribution in [-0.2, 0) is 19.1 Å². The number of carbonyl (C=O) groups excluding carboxylic acids is 2. The van der Waals surface area contributed by atoms with E-state index in [-0.39, 0.29) is 31.6 Å². The van der Waals surface area contributed by atoms with Gasteiger partial charge in [0, 0.05) is 12.8 Å². The summed E-state index contributed by atoms with van der Waals surface area (Å²) in [6.45, 7) is 3.88. The molecule has 0 fully saturated rings. The molecule has 0 bridgehead atoms. The zero-order valence-electron chi connectivity index (χ0n) is 27.9. The molecular weight excluding hydrogens is 548 g/mol. The van der Waals surface area contributed by atoms with E-state index in [0.29, 0.717) is 12.8 Å². The first-order chi connectivity index (χ1) is 21.6. The van der Waals surface area contributed by atoms with Gasteiger partial charge in [0.05, 0.1) is 6.61 Å². The maximum absolute atomic E-state index is 12.1. The van der Waals surface area contributed by atoms with E-state index in [0.717, 1.165) is 51.4 Å². The lowest BCUT2D eigenvalue weighted by Gasteiger charge is -2.15. The zero-order valence-corrected chi connectivity index (χ0v) is 27.9. The molecule has 0 aromatic heterocycles. The van der Waals surface area contributed by atoms with Crippen molar-refractivity contribution in [1.82, 2.24) is 0 Å². The first kappa shape index (κ1) is 41.1. The average Bonchev–Trinajstić information content (AvgIpc) is 3.02. The Labute approximate surface area is 269 Å². The van der Waals surface area contributed by atoms with E-state index < -0.39 is 6.10 Å². The number of allylic oxidation sites excluding steroid dienone is 14. The summed E-state index contributed by atoms with van der Waals surface area (Å²) in [6.07, 6.45) is 46.4. The molecule has 44 heavy (non-hydrogen) atoms. The third-order valence-electron chi connectivity index (χ3n) is 6.77. The van der Waals surface area contributed by atoms with Gasteiger partial charge in [0.1, 0.15) is 6.61 Å². The van der Waals surface area contributed by atoms with E-state index >= 15 is 0 Å². The SMILES string of the molecule is CC/C=C/C=C/C=C/C=C/CCCCCC(=O)OCC(CO)OC(=O)CCC/C=C/C/C=C/C/C=C/CCCCCCCC. The quantitative estimate of drug-likeness (QED) is 0.0395. The van der Waals surface area contributed by atoms with Gasteiger partial charge in [-0.15, -0.1) is 0 Å². The van der Waals surface area contributed by atoms with Crippen LogP contribution >= 0.6 is 0 Å². The van der Waals surface area contributed by atoms with Crippen LogP contribution in [0.1, 0.15) is 129 Å². The summed E-state index contributed by atoms with van der Waals surface area (Å²) in [6, 6.07) is 0. The topological polar surface area (TPSA) is 72.8 Å². The zero-order chi connectivity index (χ0) is 32.2. The van der Waals surface area contributed by atoms with Crippen LogP contribution in [0, 0.1) is 0 Å². The van der Waals surface area contributed by atoms with E-state index in [2.05, 4.69) is 62.5 Å². The molecule has 0 heterocycles. The number of hydrogen-bond acceptors (Lipinski definition) is 5. The minimum atomic E-state index is -0.817. The van der Waals surface area contributed by atoms with E-state index in [9.17, 15) is 14.7 Å². The van der Waals surface area contributed by atoms with Crippen LogP contribution in [0.15, 0.2) is 85.1 Å². The molecule has 1 N–H and O–H groups in total. The van der Waals surface area contributed by atoms with Crippen LogP contribution in [0.5, 0.6) is 0 Å². The molecule has 0 aromatic rings. The summed E-state index contributed by atoms with van der Waals surface area (Å²) in [5.74, 6) is -0.710. The maximum Gasteiger partial charge on any atom is 0.306 e. The number of unbranched alkanes of at least 4 members (excludes halogenated alkanes) is 10. The van der Waals surface area contributed by atoms with Gasteiger partial charge in [-0.05, 0) is 64.2 Å². The van der Waals surface area contributed by atoms with Crippen molar-refractivity contribution in [3.63, 3.8) is 0 Å². The highest BCUT2D eigenvalue weighted by Gasteiger charge is 2.15. The van der Waals surface area contributed by atoms with Crippen molar-refractivity contribution in [2.24, 2.45) is 0 Å². The van der Waals surface area contributed by atoms with Crippen LogP contribution in [-0.4, -0.2) is 36.4 Å². The molecule has 0 saturated heterocycles. The molecule has 248 valence electrons. The Morgan fingerprint density at radius 1 is 0.568 bits per heavy atom. The Kier molecular flexibility index (Phi) is 32.3. The number of esters is 2. The van der Waals surface area contributed by atoms with Crippen molar-refractivity contribution < 1.29 is 24.2 Å². The monoisotopic (exact) mass is 610 g/mol. The molecule has 0 aliphatic rings. The summed E-state index contributed by atoms with van der Waals surface area (Å²) in [4.78, 5) is 24.1. The Hall–Kier alpha value is -2.92. The van der Waals surface area contributed by atoms with Crippen molar-refractivity contribution in [3.05, 3.63) is 85.1 Å². The number of aliphatic hydroxyl groups excluding tert-OH is 1. The lowest BCUT2D eigenvalue weighted by molar-refractivity contribution is -0.161. The second-order valence-corrected chi connectivity index (χ2v) is 10.9. The smallest absolute Gasteiger partial charge is 0.306 e. The molecule has 1 atom stereocenters. The Balaban J connectivity index is 3.78. The number of ether oxygens (including phenoxy) is 2. The fourth-order valence-electron chi connectivity index (χ4n) is 4.17. The Bertz CT molecular complexity index is 875. The largest absolute Gasteiger partial charge is 0.462 e. The summed E-state index contributed by atoms with van der Waals surface area (Å²) >= 11 is 0. The van der Waals surface area contributed by atoms with Gasteiger partial charge in [0.25, 0.3) is 0 Å². The van der Waals surface area contributed by atoms with Crippen molar-refractivity contribution >= 4 is 11.9 Å². The third kappa shape index (κ3) is 32.0. The molecule has 0 aliphatic heterocycles. The second kappa shape index (κ2) is 34.6. The minimum absolute atomic E-state index is 0.112. The summed E-state index contributed by atoms with van der Waals surface area (Å²) in [7, 11) is 0. The molecule has 5 heteroatoms. The lowest BCUT2D eigenvalue weighted by atomic mass is 10.1. The highest BCUT2D eigenvalue weighted by Crippen LogP contribution is 2.08. The van der Waals surface area contributed by atoms with Crippen LogP contribution < -0.4 is 0 Å². The van der Waals surface area contributed by atoms with Gasteiger partial charge in [0.2, 0.25) is 0 Å². The lowest BCUT2D eigenvalue weighted by Crippen LogP contribution is -2.28. The van der Waals surface area contributed by atoms with Crippen molar-refractivity contribution in [1.29, 1.82) is 0 Å². The Morgan fingerprint density at radius 2 is 1.09 bits per heavy atom. The van der Waals surface area contributed by atoms with Gasteiger partial charge >= 0.3 is 11.9 Å². The molecule has 1 unspecified atom stereocenters. The predicted octanol–water partition coefficient (Wildman–Crippen LogP) is 10.4. The first-order valence-corrected chi connectivity index (χ1v) is 17.2. The number of rotatable bonds is 29. The normalized spacial score (nSPS) is 13.2. The van der Waals surface area contributed by atoms with Crippen LogP contribution in [0.2, 0.25) is 0 Å². The van der Waals surface area contributed by atoms with Crippen molar-refractivity contribution in [2.75, 3.05) is 13.2 Å². The van der Waals surface area contributed by atoms with Crippen molar-refractivity contribution in [2.45, 2.75) is 136 Å². The van der Waals surface area contributed by atoms with E-state index in [1.807, 2.05) is 36.5 Å². The number of aliphatic hydroxyl groups is 1. The van der Waals surface area contributed by atoms with Crippen LogP contribution in [0.25, 0.3) is 0 Å². The maximum atomic E-state index is 12.1. The molecule has 0 aromatic carbocycles. The number of carbonyl (C=O) groups is 2. The fourth-order valence-corrected chi connectivity index (χ4v) is 4.17. The van der Waals surface area contributed by atoms with Crippen LogP contribution in [0.4, 0.5) is 0 Å². The van der Waals surface area contributed by atoms with E-state index in [4.69, 9.17) is 9.47 Å². The second-order valence-electron chi connectivity index (χ2n) is 10.9. The molecule has 0 aliphatic carbocycles. The van der Waals surface area contributed by atoms with E-state index in [1.165, 1.54) is 44.9 Å². The van der Waals surface area contributed by atoms with Gasteiger partial charge in [-0.1, -0.05) is 137 Å². The van der Waals surface area contributed by atoms with Gasteiger partial charge in [-0.25, -0.2) is 0 Å². The molecule has 0 amide bonds. The molecule has 0 rings (SSSR count). The highest BCUT2D eigenvalue weighted by molar-refractivity contribution is 5.70. The van der Waals surface area contributed by atoms with Crippen molar-refractivity contribution in [3.8, 4) is 0 Å². The molecule has 0 radical (unpaired) electrons. The summed E-state index contributed by atoms with van der Waals surface area (Å²) in [5.41, 5.74) is 0.